The SMILES string of the molecule is CCN(CC(=O)OC)S(=O)(=O)c1ccc(F)c(N)c1F. The molecule has 1 aromatic rings. The van der Waals surface area contributed by atoms with Crippen molar-refractivity contribution in [3.05, 3.63) is 23.8 Å². The Morgan fingerprint density at radius 2 is 2.00 bits per heavy atom. The Morgan fingerprint density at radius 3 is 2.50 bits per heavy atom. The number of ether oxygens (including phenoxy) is 1. The van der Waals surface area contributed by atoms with Crippen molar-refractivity contribution in [3.63, 3.8) is 0 Å². The summed E-state index contributed by atoms with van der Waals surface area (Å²) in [7, 11) is -3.22. The van der Waals surface area contributed by atoms with E-state index in [0.29, 0.717) is 4.31 Å². The molecule has 9 heteroatoms. The minimum Gasteiger partial charge on any atom is -0.468 e. The lowest BCUT2D eigenvalue weighted by Gasteiger charge is -2.19. The first-order valence-electron chi connectivity index (χ1n) is 5.56. The number of sulfonamides is 1. The molecule has 6 nitrogen and oxygen atoms in total. The third kappa shape index (κ3) is 3.05. The Balaban J connectivity index is 3.28. The third-order valence-corrected chi connectivity index (χ3v) is 4.53. The van der Waals surface area contributed by atoms with Crippen LogP contribution in [-0.4, -0.2) is 38.9 Å². The van der Waals surface area contributed by atoms with Gasteiger partial charge in [0.2, 0.25) is 10.0 Å². The van der Waals surface area contributed by atoms with Gasteiger partial charge in [-0.25, -0.2) is 17.2 Å². The average molecular weight is 308 g/mol. The summed E-state index contributed by atoms with van der Waals surface area (Å²) in [6.45, 7) is 0.797. The topological polar surface area (TPSA) is 89.7 Å². The number of esters is 1. The molecule has 0 heterocycles. The van der Waals surface area contributed by atoms with Crippen molar-refractivity contribution in [1.29, 1.82) is 0 Å². The summed E-state index contributed by atoms with van der Waals surface area (Å²) in [5.41, 5.74) is 4.24. The largest absolute Gasteiger partial charge is 0.468 e. The molecule has 0 unspecified atom stereocenters. The van der Waals surface area contributed by atoms with Gasteiger partial charge in [-0.3, -0.25) is 4.79 Å². The van der Waals surface area contributed by atoms with Crippen LogP contribution in [0.15, 0.2) is 17.0 Å². The first kappa shape index (κ1) is 16.3. The molecule has 0 aliphatic rings. The van der Waals surface area contributed by atoms with E-state index in [1.54, 1.807) is 0 Å². The third-order valence-electron chi connectivity index (χ3n) is 2.59. The van der Waals surface area contributed by atoms with Gasteiger partial charge in [0.05, 0.1) is 7.11 Å². The molecule has 0 spiro atoms. The number of nitrogens with zero attached hydrogens (tertiary/aromatic N) is 1. The highest BCUT2D eigenvalue weighted by Crippen LogP contribution is 2.25. The fourth-order valence-electron chi connectivity index (χ4n) is 1.46. The maximum Gasteiger partial charge on any atom is 0.321 e. The quantitative estimate of drug-likeness (QED) is 0.640. The van der Waals surface area contributed by atoms with Crippen molar-refractivity contribution in [2.45, 2.75) is 11.8 Å². The van der Waals surface area contributed by atoms with Crippen LogP contribution in [0.3, 0.4) is 0 Å². The molecule has 1 rings (SSSR count). The highest BCUT2D eigenvalue weighted by Gasteiger charge is 2.30. The zero-order valence-electron chi connectivity index (χ0n) is 10.9. The summed E-state index contributed by atoms with van der Waals surface area (Å²) >= 11 is 0. The normalized spacial score (nSPS) is 11.7. The first-order chi connectivity index (χ1) is 9.25. The number of hydrogen-bond acceptors (Lipinski definition) is 5. The smallest absolute Gasteiger partial charge is 0.321 e. The van der Waals surface area contributed by atoms with E-state index in [1.165, 1.54) is 6.92 Å². The monoisotopic (exact) mass is 308 g/mol. The molecule has 0 saturated heterocycles. The van der Waals surface area contributed by atoms with E-state index in [2.05, 4.69) is 4.74 Å². The van der Waals surface area contributed by atoms with Crippen LogP contribution >= 0.6 is 0 Å². The van der Waals surface area contributed by atoms with Crippen LogP contribution in [-0.2, 0) is 19.6 Å². The van der Waals surface area contributed by atoms with Gasteiger partial charge in [0.15, 0.2) is 5.82 Å². The molecule has 0 aromatic heterocycles. The second-order valence-corrected chi connectivity index (χ2v) is 5.69. The molecular weight excluding hydrogens is 294 g/mol. The van der Waals surface area contributed by atoms with Crippen LogP contribution in [0.1, 0.15) is 6.92 Å². The number of carbonyl (C=O) groups excluding carboxylic acids is 1. The molecule has 20 heavy (non-hydrogen) atoms. The van der Waals surface area contributed by atoms with Gasteiger partial charge in [0.1, 0.15) is 22.9 Å². The van der Waals surface area contributed by atoms with Crippen molar-refractivity contribution in [2.24, 2.45) is 0 Å². The highest BCUT2D eigenvalue weighted by molar-refractivity contribution is 7.89. The number of nitrogens with two attached hydrogens (primary N) is 1. The van der Waals surface area contributed by atoms with E-state index in [1.807, 2.05) is 0 Å². The molecule has 0 saturated carbocycles. The number of benzene rings is 1. The molecule has 0 atom stereocenters. The maximum absolute atomic E-state index is 13.8. The van der Waals surface area contributed by atoms with Gasteiger partial charge < -0.3 is 10.5 Å². The summed E-state index contributed by atoms with van der Waals surface area (Å²) in [4.78, 5) is 10.4. The number of hydrogen-bond donors (Lipinski definition) is 1. The van der Waals surface area contributed by atoms with Crippen LogP contribution in [0, 0.1) is 11.6 Å². The highest BCUT2D eigenvalue weighted by atomic mass is 32.2. The number of carbonyl (C=O) groups is 1. The van der Waals surface area contributed by atoms with Gasteiger partial charge in [-0.1, -0.05) is 6.92 Å². The van der Waals surface area contributed by atoms with E-state index < -0.39 is 44.8 Å². The van der Waals surface area contributed by atoms with Crippen molar-refractivity contribution in [2.75, 3.05) is 25.9 Å². The number of methoxy groups -OCH3 is 1. The summed E-state index contributed by atoms with van der Waals surface area (Å²) < 4.78 is 56.3. The minimum absolute atomic E-state index is 0.0891. The zero-order chi connectivity index (χ0) is 15.5. The fourth-order valence-corrected chi connectivity index (χ4v) is 2.93. The Hall–Kier alpha value is -1.74. The zero-order valence-corrected chi connectivity index (χ0v) is 11.7. The summed E-state index contributed by atoms with van der Waals surface area (Å²) in [5, 5.41) is 0. The summed E-state index contributed by atoms with van der Waals surface area (Å²) in [5.74, 6) is -3.24. The second kappa shape index (κ2) is 6.14. The van der Waals surface area contributed by atoms with E-state index in [9.17, 15) is 22.0 Å². The molecule has 0 amide bonds. The van der Waals surface area contributed by atoms with Crippen LogP contribution in [0.4, 0.5) is 14.5 Å². The lowest BCUT2D eigenvalue weighted by molar-refractivity contribution is -0.140. The molecule has 0 fully saturated rings. The Bertz CT molecular complexity index is 619. The molecular formula is C11H14F2N2O4S. The minimum atomic E-state index is -4.32. The Labute approximate surface area is 115 Å². The van der Waals surface area contributed by atoms with Gasteiger partial charge in [-0.2, -0.15) is 4.31 Å². The van der Waals surface area contributed by atoms with Gasteiger partial charge in [0.25, 0.3) is 0 Å². The van der Waals surface area contributed by atoms with Crippen LogP contribution in [0.5, 0.6) is 0 Å². The molecule has 2 N–H and O–H groups in total. The van der Waals surface area contributed by atoms with Crippen molar-refractivity contribution in [3.8, 4) is 0 Å². The molecule has 0 bridgehead atoms. The number of likely N-dealkylation sites (N-methyl/N-ethyl adjacent to an activating group) is 1. The fraction of sp³-hybridized carbons (Fsp3) is 0.364. The lowest BCUT2D eigenvalue weighted by Crippen LogP contribution is -2.36. The second-order valence-electron chi connectivity index (χ2n) is 3.78. The average Bonchev–Trinajstić information content (AvgIpc) is 2.41. The number of rotatable bonds is 5. The predicted octanol–water partition coefficient (Wildman–Crippen LogP) is 0.731. The van der Waals surface area contributed by atoms with Gasteiger partial charge in [0, 0.05) is 6.54 Å². The Kier molecular flexibility index (Phi) is 5.01. The van der Waals surface area contributed by atoms with Crippen molar-refractivity contribution < 1.29 is 26.7 Å². The predicted molar refractivity (Wildman–Crippen MR) is 67.2 cm³/mol. The van der Waals surface area contributed by atoms with E-state index in [-0.39, 0.29) is 6.54 Å². The number of nitrogen functional groups attached to an aromatic ring is 1. The molecule has 0 radical (unpaired) electrons. The summed E-state index contributed by atoms with van der Waals surface area (Å²) in [6.07, 6.45) is 0. The molecule has 112 valence electrons. The van der Waals surface area contributed by atoms with Gasteiger partial charge >= 0.3 is 5.97 Å². The number of halogens is 2. The Morgan fingerprint density at radius 1 is 1.40 bits per heavy atom. The van der Waals surface area contributed by atoms with Crippen molar-refractivity contribution >= 4 is 21.7 Å². The van der Waals surface area contributed by atoms with Crippen LogP contribution < -0.4 is 5.73 Å². The van der Waals surface area contributed by atoms with Crippen molar-refractivity contribution in [1.82, 2.24) is 4.31 Å². The molecule has 0 aliphatic heterocycles. The van der Waals surface area contributed by atoms with Crippen LogP contribution in [0.2, 0.25) is 0 Å². The lowest BCUT2D eigenvalue weighted by atomic mass is 10.3. The van der Waals surface area contributed by atoms with E-state index in [0.717, 1.165) is 19.2 Å². The maximum atomic E-state index is 13.8. The van der Waals surface area contributed by atoms with Gasteiger partial charge in [-0.15, -0.1) is 0 Å². The summed E-state index contributed by atoms with van der Waals surface area (Å²) in [6, 6.07) is 1.51. The number of anilines is 1. The first-order valence-corrected chi connectivity index (χ1v) is 7.00. The van der Waals surface area contributed by atoms with Crippen LogP contribution in [0.25, 0.3) is 0 Å². The standard InChI is InChI=1S/C11H14F2N2O4S/c1-3-15(6-9(16)19-2)20(17,18)8-5-4-7(12)11(14)10(8)13/h4-5H,3,6,14H2,1-2H3. The molecule has 1 aromatic carbocycles. The molecule has 0 aliphatic carbocycles. The van der Waals surface area contributed by atoms with Gasteiger partial charge in [-0.05, 0) is 12.1 Å². The van der Waals surface area contributed by atoms with E-state index in [4.69, 9.17) is 5.73 Å². The van der Waals surface area contributed by atoms with E-state index >= 15 is 0 Å².